The van der Waals surface area contributed by atoms with Gasteiger partial charge in [0, 0.05) is 4.88 Å². The van der Waals surface area contributed by atoms with Crippen LogP contribution >= 0.6 is 23.6 Å². The summed E-state index contributed by atoms with van der Waals surface area (Å²) in [6, 6.07) is 3.31. The molecule has 0 atom stereocenters. The first-order valence-electron chi connectivity index (χ1n) is 3.76. The SMILES string of the molecule is Cc1ccc(S(=O)(=O)NCC(N)=S)s1. The fourth-order valence-corrected chi connectivity index (χ4v) is 3.29. The molecule has 0 saturated heterocycles. The Morgan fingerprint density at radius 1 is 1.64 bits per heavy atom. The summed E-state index contributed by atoms with van der Waals surface area (Å²) in [5, 5.41) is 0. The Balaban J connectivity index is 2.81. The highest BCUT2D eigenvalue weighted by Gasteiger charge is 2.15. The van der Waals surface area contributed by atoms with E-state index in [2.05, 4.69) is 16.9 Å². The van der Waals surface area contributed by atoms with E-state index in [0.717, 1.165) is 4.88 Å². The lowest BCUT2D eigenvalue weighted by Gasteiger charge is -2.02. The molecule has 1 rings (SSSR count). The molecule has 0 saturated carbocycles. The minimum Gasteiger partial charge on any atom is -0.392 e. The Morgan fingerprint density at radius 3 is 2.71 bits per heavy atom. The quantitative estimate of drug-likeness (QED) is 0.769. The number of aryl methyl sites for hydroxylation is 1. The van der Waals surface area contributed by atoms with Crippen LogP contribution in [-0.4, -0.2) is 20.0 Å². The van der Waals surface area contributed by atoms with Crippen molar-refractivity contribution < 1.29 is 8.42 Å². The molecule has 0 aliphatic heterocycles. The molecular formula is C7H10N2O2S3. The van der Waals surface area contributed by atoms with E-state index in [1.165, 1.54) is 11.3 Å². The van der Waals surface area contributed by atoms with Gasteiger partial charge in [0.1, 0.15) is 4.21 Å². The van der Waals surface area contributed by atoms with Crippen LogP contribution in [0.15, 0.2) is 16.3 Å². The molecule has 0 amide bonds. The largest absolute Gasteiger partial charge is 0.392 e. The van der Waals surface area contributed by atoms with Crippen molar-refractivity contribution in [2.24, 2.45) is 5.73 Å². The molecule has 7 heteroatoms. The third-order valence-electron chi connectivity index (χ3n) is 1.42. The summed E-state index contributed by atoms with van der Waals surface area (Å²) < 4.78 is 25.7. The van der Waals surface area contributed by atoms with Gasteiger partial charge in [0.05, 0.1) is 11.5 Å². The average Bonchev–Trinajstić information content (AvgIpc) is 2.49. The van der Waals surface area contributed by atoms with Crippen LogP contribution < -0.4 is 10.5 Å². The highest BCUT2D eigenvalue weighted by atomic mass is 32.2. The summed E-state index contributed by atoms with van der Waals surface area (Å²) in [4.78, 5) is 1.07. The fraction of sp³-hybridized carbons (Fsp3) is 0.286. The number of nitrogens with two attached hydrogens (primary N) is 1. The van der Waals surface area contributed by atoms with Crippen molar-refractivity contribution >= 4 is 38.6 Å². The van der Waals surface area contributed by atoms with Crippen LogP contribution in [0.3, 0.4) is 0 Å². The van der Waals surface area contributed by atoms with Crippen molar-refractivity contribution in [3.05, 3.63) is 17.0 Å². The normalized spacial score (nSPS) is 11.5. The predicted molar refractivity (Wildman–Crippen MR) is 61.0 cm³/mol. The van der Waals surface area contributed by atoms with Gasteiger partial charge in [0.15, 0.2) is 0 Å². The fourth-order valence-electron chi connectivity index (χ4n) is 0.794. The molecule has 0 radical (unpaired) electrons. The van der Waals surface area contributed by atoms with Gasteiger partial charge < -0.3 is 5.73 Å². The number of rotatable bonds is 4. The van der Waals surface area contributed by atoms with Gasteiger partial charge in [-0.1, -0.05) is 12.2 Å². The molecule has 3 N–H and O–H groups in total. The monoisotopic (exact) mass is 250 g/mol. The van der Waals surface area contributed by atoms with Crippen LogP contribution in [0.2, 0.25) is 0 Å². The molecule has 4 nitrogen and oxygen atoms in total. The van der Waals surface area contributed by atoms with Crippen molar-refractivity contribution in [3.8, 4) is 0 Å². The Morgan fingerprint density at radius 2 is 2.29 bits per heavy atom. The molecule has 0 bridgehead atoms. The second-order valence-corrected chi connectivity index (χ2v) is 6.46. The molecule has 1 aromatic heterocycles. The Bertz CT molecular complexity index is 436. The van der Waals surface area contributed by atoms with Crippen LogP contribution in [0.5, 0.6) is 0 Å². The van der Waals surface area contributed by atoms with E-state index in [1.807, 2.05) is 6.92 Å². The van der Waals surface area contributed by atoms with Crippen molar-refractivity contribution in [3.63, 3.8) is 0 Å². The predicted octanol–water partition coefficient (Wildman–Crippen LogP) is 0.621. The summed E-state index contributed by atoms with van der Waals surface area (Å²) in [5.74, 6) is 0. The minimum absolute atomic E-state index is 0.00534. The topological polar surface area (TPSA) is 72.2 Å². The van der Waals surface area contributed by atoms with E-state index >= 15 is 0 Å². The molecule has 0 unspecified atom stereocenters. The summed E-state index contributed by atoms with van der Waals surface area (Å²) in [6.07, 6.45) is 0. The lowest BCUT2D eigenvalue weighted by atomic mass is 10.5. The number of hydrogen-bond acceptors (Lipinski definition) is 4. The van der Waals surface area contributed by atoms with Crippen molar-refractivity contribution in [2.75, 3.05) is 6.54 Å². The number of thiocarbonyl (C=S) groups is 1. The summed E-state index contributed by atoms with van der Waals surface area (Å²) in [7, 11) is -3.43. The number of nitrogens with one attached hydrogen (secondary N) is 1. The minimum atomic E-state index is -3.43. The van der Waals surface area contributed by atoms with Gasteiger partial charge in [-0.2, -0.15) is 0 Å². The zero-order valence-electron chi connectivity index (χ0n) is 7.48. The number of sulfonamides is 1. The van der Waals surface area contributed by atoms with Gasteiger partial charge in [-0.05, 0) is 19.1 Å². The van der Waals surface area contributed by atoms with Crippen molar-refractivity contribution in [1.82, 2.24) is 4.72 Å². The van der Waals surface area contributed by atoms with E-state index in [4.69, 9.17) is 5.73 Å². The van der Waals surface area contributed by atoms with Gasteiger partial charge in [0.2, 0.25) is 10.0 Å². The Hall–Kier alpha value is -0.500. The third kappa shape index (κ3) is 3.02. The van der Waals surface area contributed by atoms with E-state index in [0.29, 0.717) is 0 Å². The molecule has 0 spiro atoms. The molecule has 0 aliphatic carbocycles. The number of hydrogen-bond donors (Lipinski definition) is 2. The van der Waals surface area contributed by atoms with E-state index in [1.54, 1.807) is 12.1 Å². The highest BCUT2D eigenvalue weighted by Crippen LogP contribution is 2.19. The zero-order chi connectivity index (χ0) is 10.8. The maximum Gasteiger partial charge on any atom is 0.250 e. The lowest BCUT2D eigenvalue weighted by molar-refractivity contribution is 0.588. The molecule has 1 aromatic rings. The lowest BCUT2D eigenvalue weighted by Crippen LogP contribution is -2.31. The third-order valence-corrected chi connectivity index (χ3v) is 4.46. The van der Waals surface area contributed by atoms with Gasteiger partial charge in [-0.15, -0.1) is 11.3 Å². The van der Waals surface area contributed by atoms with Gasteiger partial charge in [0.25, 0.3) is 0 Å². The van der Waals surface area contributed by atoms with Crippen LogP contribution in [0.25, 0.3) is 0 Å². The number of thiophene rings is 1. The highest BCUT2D eigenvalue weighted by molar-refractivity contribution is 7.91. The first-order chi connectivity index (χ1) is 6.42. The molecule has 0 fully saturated rings. The molecule has 78 valence electrons. The van der Waals surface area contributed by atoms with E-state index < -0.39 is 10.0 Å². The summed E-state index contributed by atoms with van der Waals surface area (Å²) in [5.41, 5.74) is 5.19. The summed E-state index contributed by atoms with van der Waals surface area (Å²) in [6.45, 7) is 1.84. The van der Waals surface area contributed by atoms with Gasteiger partial charge >= 0.3 is 0 Å². The Kier molecular flexibility index (Phi) is 3.59. The second kappa shape index (κ2) is 4.35. The van der Waals surface area contributed by atoms with Crippen molar-refractivity contribution in [1.29, 1.82) is 0 Å². The van der Waals surface area contributed by atoms with Gasteiger partial charge in [-0.25, -0.2) is 13.1 Å². The van der Waals surface area contributed by atoms with Crippen LogP contribution in [0, 0.1) is 6.92 Å². The van der Waals surface area contributed by atoms with Crippen LogP contribution in [0.1, 0.15) is 4.88 Å². The molecule has 1 heterocycles. The molecule has 0 aliphatic rings. The summed E-state index contributed by atoms with van der Waals surface area (Å²) >= 11 is 5.78. The molecular weight excluding hydrogens is 240 g/mol. The second-order valence-electron chi connectivity index (χ2n) is 2.66. The van der Waals surface area contributed by atoms with E-state index in [-0.39, 0.29) is 15.7 Å². The van der Waals surface area contributed by atoms with Crippen molar-refractivity contribution in [2.45, 2.75) is 11.1 Å². The van der Waals surface area contributed by atoms with Gasteiger partial charge in [-0.3, -0.25) is 0 Å². The van der Waals surface area contributed by atoms with Crippen LogP contribution in [0.4, 0.5) is 0 Å². The standard InChI is InChI=1S/C7H10N2O2S3/c1-5-2-3-7(13-5)14(10,11)9-4-6(8)12/h2-3,9H,4H2,1H3,(H2,8,12). The zero-order valence-corrected chi connectivity index (χ0v) is 9.93. The van der Waals surface area contributed by atoms with E-state index in [9.17, 15) is 8.42 Å². The maximum absolute atomic E-state index is 11.5. The molecule has 14 heavy (non-hydrogen) atoms. The van der Waals surface area contributed by atoms with Crippen LogP contribution in [-0.2, 0) is 10.0 Å². The molecule has 0 aromatic carbocycles. The Labute approximate surface area is 92.2 Å². The maximum atomic E-state index is 11.5. The average molecular weight is 250 g/mol. The first kappa shape index (κ1) is 11.6. The smallest absolute Gasteiger partial charge is 0.250 e. The first-order valence-corrected chi connectivity index (χ1v) is 6.47.